The Morgan fingerprint density at radius 1 is 1.32 bits per heavy atom. The van der Waals surface area contributed by atoms with Gasteiger partial charge in [-0.3, -0.25) is 4.79 Å². The van der Waals surface area contributed by atoms with Crippen molar-refractivity contribution in [2.45, 2.75) is 13.0 Å². The highest BCUT2D eigenvalue weighted by Crippen LogP contribution is 2.31. The third kappa shape index (κ3) is 3.08. The van der Waals surface area contributed by atoms with Crippen LogP contribution in [0.15, 0.2) is 46.5 Å². The number of ether oxygens (including phenoxy) is 1. The predicted molar refractivity (Wildman–Crippen MR) is 93.4 cm³/mol. The van der Waals surface area contributed by atoms with Gasteiger partial charge in [0.05, 0.1) is 30.6 Å². The maximum Gasteiger partial charge on any atom is 0.292 e. The third-order valence-corrected chi connectivity index (χ3v) is 5.12. The highest BCUT2D eigenvalue weighted by atomic mass is 32.1. The van der Waals surface area contributed by atoms with Gasteiger partial charge in [-0.05, 0) is 6.92 Å². The summed E-state index contributed by atoms with van der Waals surface area (Å²) in [7, 11) is 0. The minimum atomic E-state index is -0.223. The van der Waals surface area contributed by atoms with Crippen molar-refractivity contribution in [1.82, 2.24) is 14.9 Å². The first kappa shape index (κ1) is 16.0. The van der Waals surface area contributed by atoms with Crippen LogP contribution in [0.1, 0.15) is 28.0 Å². The molecule has 6 nitrogen and oxygen atoms in total. The van der Waals surface area contributed by atoms with Gasteiger partial charge in [-0.25, -0.2) is 9.97 Å². The molecule has 0 unspecified atom stereocenters. The van der Waals surface area contributed by atoms with Crippen LogP contribution in [0, 0.1) is 6.92 Å². The number of aryl methyl sites for hydroxylation is 1. The second-order valence-electron chi connectivity index (χ2n) is 5.80. The van der Waals surface area contributed by atoms with Crippen LogP contribution in [0.2, 0.25) is 0 Å². The minimum absolute atomic E-state index is 0.169. The van der Waals surface area contributed by atoms with Crippen LogP contribution in [0.3, 0.4) is 0 Å². The van der Waals surface area contributed by atoms with Crippen molar-refractivity contribution in [3.8, 4) is 10.6 Å². The van der Waals surface area contributed by atoms with Crippen LogP contribution < -0.4 is 0 Å². The van der Waals surface area contributed by atoms with Gasteiger partial charge in [0.2, 0.25) is 5.76 Å². The summed E-state index contributed by atoms with van der Waals surface area (Å²) in [4.78, 5) is 23.4. The maximum atomic E-state index is 12.9. The van der Waals surface area contributed by atoms with Crippen LogP contribution >= 0.6 is 11.3 Å². The summed E-state index contributed by atoms with van der Waals surface area (Å²) in [6.07, 6.45) is 1.30. The molecule has 2 aromatic heterocycles. The number of thiazole rings is 1. The van der Waals surface area contributed by atoms with Crippen molar-refractivity contribution in [3.05, 3.63) is 59.3 Å². The Labute approximate surface area is 149 Å². The van der Waals surface area contributed by atoms with Crippen molar-refractivity contribution < 1.29 is 13.9 Å². The van der Waals surface area contributed by atoms with Gasteiger partial charge in [-0.2, -0.15) is 0 Å². The average Bonchev–Trinajstić information content (AvgIpc) is 3.31. The SMILES string of the molecule is Cc1ncoc1C(=O)N1CCOC[C@H]1c1csc(-c2ccccc2)n1. The summed E-state index contributed by atoms with van der Waals surface area (Å²) in [5.41, 5.74) is 2.51. The fourth-order valence-electron chi connectivity index (χ4n) is 2.88. The van der Waals surface area contributed by atoms with Gasteiger partial charge in [-0.1, -0.05) is 30.3 Å². The molecule has 1 atom stereocenters. The lowest BCUT2D eigenvalue weighted by Gasteiger charge is -2.34. The molecule has 1 aromatic carbocycles. The van der Waals surface area contributed by atoms with Crippen LogP contribution in [0.25, 0.3) is 10.6 Å². The molecule has 7 heteroatoms. The number of hydrogen-bond acceptors (Lipinski definition) is 6. The van der Waals surface area contributed by atoms with E-state index in [9.17, 15) is 4.79 Å². The van der Waals surface area contributed by atoms with Gasteiger partial charge in [0.25, 0.3) is 5.91 Å². The number of nitrogens with zero attached hydrogens (tertiary/aromatic N) is 3. The molecular formula is C18H17N3O3S. The van der Waals surface area contributed by atoms with E-state index in [0.717, 1.165) is 16.3 Å². The molecule has 1 aliphatic rings. The molecule has 0 radical (unpaired) electrons. The highest BCUT2D eigenvalue weighted by molar-refractivity contribution is 7.13. The van der Waals surface area contributed by atoms with Crippen molar-refractivity contribution in [2.24, 2.45) is 0 Å². The van der Waals surface area contributed by atoms with E-state index in [2.05, 4.69) is 4.98 Å². The number of oxazole rings is 1. The zero-order valence-corrected chi connectivity index (χ0v) is 14.5. The quantitative estimate of drug-likeness (QED) is 0.721. The number of benzene rings is 1. The number of morpholine rings is 1. The van der Waals surface area contributed by atoms with Gasteiger partial charge in [0, 0.05) is 17.5 Å². The van der Waals surface area contributed by atoms with Gasteiger partial charge in [-0.15, -0.1) is 11.3 Å². The number of aromatic nitrogens is 2. The lowest BCUT2D eigenvalue weighted by molar-refractivity contribution is -0.00531. The van der Waals surface area contributed by atoms with E-state index in [4.69, 9.17) is 14.1 Å². The van der Waals surface area contributed by atoms with E-state index >= 15 is 0 Å². The molecule has 0 N–H and O–H groups in total. The molecule has 0 aliphatic carbocycles. The average molecular weight is 355 g/mol. The molecule has 0 saturated carbocycles. The summed E-state index contributed by atoms with van der Waals surface area (Å²) in [6, 6.07) is 9.79. The number of amides is 1. The van der Waals surface area contributed by atoms with Crippen LogP contribution in [0.4, 0.5) is 0 Å². The van der Waals surface area contributed by atoms with Crippen LogP contribution in [-0.4, -0.2) is 40.5 Å². The van der Waals surface area contributed by atoms with Crippen molar-refractivity contribution in [1.29, 1.82) is 0 Å². The molecule has 3 aromatic rings. The highest BCUT2D eigenvalue weighted by Gasteiger charge is 2.33. The first-order chi connectivity index (χ1) is 12.2. The van der Waals surface area contributed by atoms with Gasteiger partial charge in [0.1, 0.15) is 5.01 Å². The van der Waals surface area contributed by atoms with Crippen molar-refractivity contribution in [2.75, 3.05) is 19.8 Å². The van der Waals surface area contributed by atoms with Crippen LogP contribution in [0.5, 0.6) is 0 Å². The maximum absolute atomic E-state index is 12.9. The van der Waals surface area contributed by atoms with E-state index in [1.165, 1.54) is 6.39 Å². The van der Waals surface area contributed by atoms with Crippen LogP contribution in [-0.2, 0) is 4.74 Å². The van der Waals surface area contributed by atoms with E-state index < -0.39 is 0 Å². The van der Waals surface area contributed by atoms with E-state index in [1.54, 1.807) is 23.2 Å². The molecule has 25 heavy (non-hydrogen) atoms. The van der Waals surface area contributed by atoms with Gasteiger partial charge < -0.3 is 14.1 Å². The first-order valence-electron chi connectivity index (χ1n) is 8.03. The Hall–Kier alpha value is -2.51. The lowest BCUT2D eigenvalue weighted by Crippen LogP contribution is -2.43. The van der Waals surface area contributed by atoms with E-state index in [1.807, 2.05) is 35.7 Å². The van der Waals surface area contributed by atoms with Gasteiger partial charge in [0.15, 0.2) is 6.39 Å². The number of carbonyl (C=O) groups excluding carboxylic acids is 1. The van der Waals surface area contributed by atoms with E-state index in [0.29, 0.717) is 25.5 Å². The second kappa shape index (κ2) is 6.78. The zero-order valence-electron chi connectivity index (χ0n) is 13.7. The Kier molecular flexibility index (Phi) is 4.33. The fourth-order valence-corrected chi connectivity index (χ4v) is 3.75. The molecule has 1 amide bonds. The molecular weight excluding hydrogens is 338 g/mol. The summed E-state index contributed by atoms with van der Waals surface area (Å²) < 4.78 is 10.9. The topological polar surface area (TPSA) is 68.5 Å². The monoisotopic (exact) mass is 355 g/mol. The standard InChI is InChI=1S/C18H17N3O3S/c1-12-16(24-11-19-12)18(22)21-7-8-23-9-15(21)14-10-25-17(20-14)13-5-3-2-4-6-13/h2-6,10-11,15H,7-9H2,1H3/t15-/m0/s1. The molecule has 1 fully saturated rings. The summed E-state index contributed by atoms with van der Waals surface area (Å²) >= 11 is 1.57. The van der Waals surface area contributed by atoms with Gasteiger partial charge >= 0.3 is 0 Å². The first-order valence-corrected chi connectivity index (χ1v) is 8.91. The summed E-state index contributed by atoms with van der Waals surface area (Å²) in [5, 5.41) is 2.93. The molecule has 4 rings (SSSR count). The van der Waals surface area contributed by atoms with E-state index in [-0.39, 0.29) is 17.7 Å². The summed E-state index contributed by atoms with van der Waals surface area (Å²) in [5.74, 6) is 0.114. The number of hydrogen-bond donors (Lipinski definition) is 0. The van der Waals surface area contributed by atoms with Crippen molar-refractivity contribution in [3.63, 3.8) is 0 Å². The second-order valence-corrected chi connectivity index (χ2v) is 6.66. The molecule has 128 valence electrons. The Morgan fingerprint density at radius 2 is 2.16 bits per heavy atom. The molecule has 0 bridgehead atoms. The Bertz CT molecular complexity index is 875. The molecule has 3 heterocycles. The number of rotatable bonds is 3. The Morgan fingerprint density at radius 3 is 2.92 bits per heavy atom. The normalized spacial score (nSPS) is 17.6. The smallest absolute Gasteiger partial charge is 0.292 e. The minimum Gasteiger partial charge on any atom is -0.438 e. The third-order valence-electron chi connectivity index (χ3n) is 4.21. The molecule has 0 spiro atoms. The largest absolute Gasteiger partial charge is 0.438 e. The zero-order chi connectivity index (χ0) is 17.2. The predicted octanol–water partition coefficient (Wildman–Crippen LogP) is 3.32. The Balaban J connectivity index is 1.63. The molecule has 1 saturated heterocycles. The summed E-state index contributed by atoms with van der Waals surface area (Å²) in [6.45, 7) is 3.20. The fraction of sp³-hybridized carbons (Fsp3) is 0.278. The lowest BCUT2D eigenvalue weighted by atomic mass is 10.1. The van der Waals surface area contributed by atoms with Crippen molar-refractivity contribution >= 4 is 17.2 Å². The number of carbonyl (C=O) groups is 1. The molecule has 1 aliphatic heterocycles.